The Balaban J connectivity index is 1.75. The summed E-state index contributed by atoms with van der Waals surface area (Å²) in [5.41, 5.74) is 4.44. The Bertz CT molecular complexity index is 662. The molecule has 2 aromatic rings. The molecule has 0 saturated heterocycles. The van der Waals surface area contributed by atoms with Gasteiger partial charge in [0.1, 0.15) is 12.1 Å². The molecule has 0 aliphatic carbocycles. The van der Waals surface area contributed by atoms with Crippen molar-refractivity contribution < 1.29 is 9.26 Å². The highest BCUT2D eigenvalue weighted by Crippen LogP contribution is 2.24. The second kappa shape index (κ2) is 6.66. The predicted octanol–water partition coefficient (Wildman–Crippen LogP) is 2.47. The number of fused-ring (bicyclic) bond motifs is 1. The molecule has 1 aliphatic rings. The Morgan fingerprint density at radius 3 is 2.70 bits per heavy atom. The minimum Gasteiger partial charge on any atom is -0.475 e. The van der Waals surface area contributed by atoms with E-state index < -0.39 is 0 Å². The maximum Gasteiger partial charge on any atom is 0.220 e. The molecule has 6 heteroatoms. The van der Waals surface area contributed by atoms with Crippen molar-refractivity contribution in [3.63, 3.8) is 0 Å². The summed E-state index contributed by atoms with van der Waals surface area (Å²) in [5.74, 6) is 1.65. The number of rotatable bonds is 4. The fraction of sp³-hybridized carbons (Fsp3) is 0.588. The van der Waals surface area contributed by atoms with Gasteiger partial charge in [0.2, 0.25) is 5.88 Å². The average molecular weight is 316 g/mol. The maximum absolute atomic E-state index is 5.85. The number of hydrogen-bond acceptors (Lipinski definition) is 6. The summed E-state index contributed by atoms with van der Waals surface area (Å²) >= 11 is 0. The normalized spacial score (nSPS) is 15.5. The lowest BCUT2D eigenvalue weighted by Gasteiger charge is -2.19. The summed E-state index contributed by atoms with van der Waals surface area (Å²) in [5, 5.41) is 4.05. The van der Waals surface area contributed by atoms with Crippen LogP contribution in [0, 0.1) is 13.8 Å². The molecule has 0 amide bonds. The van der Waals surface area contributed by atoms with Crippen LogP contribution in [0.4, 0.5) is 0 Å². The smallest absolute Gasteiger partial charge is 0.220 e. The molecular formula is C17H24N4O2. The number of aromatic nitrogens is 3. The van der Waals surface area contributed by atoms with Gasteiger partial charge in [-0.25, -0.2) is 9.97 Å². The lowest BCUT2D eigenvalue weighted by Crippen LogP contribution is -2.26. The first-order valence-electron chi connectivity index (χ1n) is 8.18. The molecule has 0 saturated carbocycles. The Morgan fingerprint density at radius 2 is 2.00 bits per heavy atom. The Morgan fingerprint density at radius 1 is 1.22 bits per heavy atom. The van der Waals surface area contributed by atoms with Crippen molar-refractivity contribution in [1.29, 1.82) is 0 Å². The molecule has 23 heavy (non-hydrogen) atoms. The largest absolute Gasteiger partial charge is 0.475 e. The van der Waals surface area contributed by atoms with Gasteiger partial charge in [-0.1, -0.05) is 5.16 Å². The van der Waals surface area contributed by atoms with Crippen molar-refractivity contribution in [2.75, 3.05) is 13.1 Å². The van der Waals surface area contributed by atoms with Crippen LogP contribution in [0.1, 0.15) is 42.1 Å². The fourth-order valence-corrected chi connectivity index (χ4v) is 2.98. The highest BCUT2D eigenvalue weighted by atomic mass is 16.5. The molecule has 3 heterocycles. The number of hydrogen-bond donors (Lipinski definition) is 0. The first-order chi connectivity index (χ1) is 11.0. The lowest BCUT2D eigenvalue weighted by molar-refractivity contribution is 0.228. The molecule has 124 valence electrons. The van der Waals surface area contributed by atoms with Crippen molar-refractivity contribution in [3.8, 4) is 5.88 Å². The van der Waals surface area contributed by atoms with Crippen LogP contribution in [0.2, 0.25) is 0 Å². The third-order valence-corrected chi connectivity index (χ3v) is 4.25. The second-order valence-electron chi connectivity index (χ2n) is 6.35. The van der Waals surface area contributed by atoms with E-state index in [1.807, 2.05) is 27.7 Å². The number of nitrogens with zero attached hydrogens (tertiary/aromatic N) is 4. The van der Waals surface area contributed by atoms with Crippen molar-refractivity contribution >= 4 is 0 Å². The predicted molar refractivity (Wildman–Crippen MR) is 86.5 cm³/mol. The van der Waals surface area contributed by atoms with E-state index in [0.29, 0.717) is 0 Å². The summed E-state index contributed by atoms with van der Waals surface area (Å²) in [6.45, 7) is 10.8. The van der Waals surface area contributed by atoms with Crippen LogP contribution >= 0.6 is 0 Å². The standard InChI is InChI=1S/C17H24N4O2/c1-11(2)22-17-14-5-7-21(8-6-16(14)18-10-19-17)9-15-12(3)20-23-13(15)4/h10-11H,5-9H2,1-4H3. The van der Waals surface area contributed by atoms with Crippen LogP contribution in [-0.4, -0.2) is 39.2 Å². The van der Waals surface area contributed by atoms with Crippen molar-refractivity contribution in [2.24, 2.45) is 0 Å². The van der Waals surface area contributed by atoms with E-state index in [1.54, 1.807) is 6.33 Å². The van der Waals surface area contributed by atoms with E-state index in [0.717, 1.165) is 61.1 Å². The fourth-order valence-electron chi connectivity index (χ4n) is 2.98. The number of aryl methyl sites for hydroxylation is 2. The summed E-state index contributed by atoms with van der Waals surface area (Å²) < 4.78 is 11.1. The molecule has 0 aromatic carbocycles. The first kappa shape index (κ1) is 15.9. The number of ether oxygens (including phenoxy) is 1. The highest BCUT2D eigenvalue weighted by Gasteiger charge is 2.21. The summed E-state index contributed by atoms with van der Waals surface area (Å²) in [6.07, 6.45) is 3.55. The molecule has 0 fully saturated rings. The van der Waals surface area contributed by atoms with Gasteiger partial charge in [-0.2, -0.15) is 0 Å². The molecule has 2 aromatic heterocycles. The van der Waals surface area contributed by atoms with Crippen LogP contribution < -0.4 is 4.74 Å². The lowest BCUT2D eigenvalue weighted by atomic mass is 10.1. The van der Waals surface area contributed by atoms with Crippen molar-refractivity contribution in [2.45, 2.75) is 53.2 Å². The minimum atomic E-state index is 0.121. The highest BCUT2D eigenvalue weighted by molar-refractivity contribution is 5.31. The van der Waals surface area contributed by atoms with Crippen LogP contribution in [0.3, 0.4) is 0 Å². The molecular weight excluding hydrogens is 292 g/mol. The Kier molecular flexibility index (Phi) is 4.61. The SMILES string of the molecule is Cc1noc(C)c1CN1CCc2ncnc(OC(C)C)c2CC1. The third kappa shape index (κ3) is 3.52. The molecule has 6 nitrogen and oxygen atoms in total. The first-order valence-corrected chi connectivity index (χ1v) is 8.18. The van der Waals surface area contributed by atoms with Gasteiger partial charge in [-0.05, 0) is 34.1 Å². The molecule has 0 bridgehead atoms. The molecule has 0 atom stereocenters. The van der Waals surface area contributed by atoms with E-state index in [-0.39, 0.29) is 6.10 Å². The van der Waals surface area contributed by atoms with Crippen LogP contribution in [0.5, 0.6) is 5.88 Å². The zero-order valence-corrected chi connectivity index (χ0v) is 14.3. The van der Waals surface area contributed by atoms with Gasteiger partial charge in [-0.15, -0.1) is 0 Å². The monoisotopic (exact) mass is 316 g/mol. The van der Waals surface area contributed by atoms with E-state index in [1.165, 1.54) is 5.56 Å². The van der Waals surface area contributed by atoms with E-state index in [4.69, 9.17) is 9.26 Å². The zero-order chi connectivity index (χ0) is 16.4. The van der Waals surface area contributed by atoms with E-state index in [9.17, 15) is 0 Å². The minimum absolute atomic E-state index is 0.121. The van der Waals surface area contributed by atoms with Gasteiger partial charge in [-0.3, -0.25) is 4.90 Å². The van der Waals surface area contributed by atoms with E-state index >= 15 is 0 Å². The Labute approximate surface area is 136 Å². The van der Waals surface area contributed by atoms with Gasteiger partial charge >= 0.3 is 0 Å². The van der Waals surface area contributed by atoms with E-state index in [2.05, 4.69) is 20.0 Å². The van der Waals surface area contributed by atoms with Gasteiger partial charge in [0.25, 0.3) is 0 Å². The van der Waals surface area contributed by atoms with Crippen LogP contribution in [0.25, 0.3) is 0 Å². The maximum atomic E-state index is 5.85. The quantitative estimate of drug-likeness (QED) is 0.863. The van der Waals surface area contributed by atoms with Gasteiger partial charge in [0.15, 0.2) is 0 Å². The molecule has 0 unspecified atom stereocenters. The molecule has 3 rings (SSSR count). The summed E-state index contributed by atoms with van der Waals surface area (Å²) in [6, 6.07) is 0. The Hall–Kier alpha value is -1.95. The topological polar surface area (TPSA) is 64.3 Å². The van der Waals surface area contributed by atoms with Crippen LogP contribution in [0.15, 0.2) is 10.9 Å². The third-order valence-electron chi connectivity index (χ3n) is 4.25. The summed E-state index contributed by atoms with van der Waals surface area (Å²) in [4.78, 5) is 11.2. The summed E-state index contributed by atoms with van der Waals surface area (Å²) in [7, 11) is 0. The average Bonchev–Trinajstić information content (AvgIpc) is 2.72. The molecule has 1 aliphatic heterocycles. The van der Waals surface area contributed by atoms with Crippen molar-refractivity contribution in [1.82, 2.24) is 20.0 Å². The molecule has 0 spiro atoms. The zero-order valence-electron chi connectivity index (χ0n) is 14.3. The molecule has 0 N–H and O–H groups in total. The van der Waals surface area contributed by atoms with Crippen molar-refractivity contribution in [3.05, 3.63) is 34.6 Å². The second-order valence-corrected chi connectivity index (χ2v) is 6.35. The van der Waals surface area contributed by atoms with Crippen LogP contribution in [-0.2, 0) is 19.4 Å². The van der Waals surface area contributed by atoms with Gasteiger partial charge < -0.3 is 9.26 Å². The van der Waals surface area contributed by atoms with Gasteiger partial charge in [0.05, 0.1) is 17.5 Å². The molecule has 0 radical (unpaired) electrons. The van der Waals surface area contributed by atoms with Gasteiger partial charge in [0, 0.05) is 37.2 Å².